The molecule has 1 heterocycles. The van der Waals surface area contributed by atoms with Gasteiger partial charge in [0.25, 0.3) is 0 Å². The normalized spacial score (nSPS) is 35.0. The Hall–Kier alpha value is -1.57. The summed E-state index contributed by atoms with van der Waals surface area (Å²) in [5.41, 5.74) is 0.258. The molecule has 2 unspecified atom stereocenters. The number of ether oxygens (including phenoxy) is 3. The third kappa shape index (κ3) is 4.78. The average Bonchev–Trinajstić information content (AvgIpc) is 2.96. The Morgan fingerprint density at radius 2 is 1.79 bits per heavy atom. The molecule has 0 aromatic rings. The van der Waals surface area contributed by atoms with Gasteiger partial charge in [-0.2, -0.15) is 0 Å². The molecule has 2 N–H and O–H groups in total. The summed E-state index contributed by atoms with van der Waals surface area (Å²) in [4.78, 5) is 23.5. The van der Waals surface area contributed by atoms with Crippen LogP contribution in [0.5, 0.6) is 0 Å². The Balaban J connectivity index is 1.61. The summed E-state index contributed by atoms with van der Waals surface area (Å²) in [5, 5.41) is 12.7. The van der Waals surface area contributed by atoms with E-state index in [9.17, 15) is 14.7 Å². The zero-order chi connectivity index (χ0) is 21.6. The minimum atomic E-state index is -1.02. The molecule has 3 atom stereocenters. The molecule has 8 heteroatoms. The number of carboxylic acid groups (broad SMARTS) is 1. The van der Waals surface area contributed by atoms with E-state index in [0.29, 0.717) is 10.6 Å². The fourth-order valence-corrected chi connectivity index (χ4v) is 4.59. The summed E-state index contributed by atoms with van der Waals surface area (Å²) >= 11 is 6.32. The van der Waals surface area contributed by atoms with Crippen molar-refractivity contribution in [3.63, 3.8) is 0 Å². The smallest absolute Gasteiger partial charge is 0.407 e. The number of nitrogens with one attached hydrogen (secondary N) is 1. The number of fused-ring (bicyclic) bond motifs is 1. The topological polar surface area (TPSA) is 94.1 Å². The quantitative estimate of drug-likeness (QED) is 0.703. The van der Waals surface area contributed by atoms with E-state index in [0.717, 1.165) is 25.7 Å². The highest BCUT2D eigenvalue weighted by Gasteiger charge is 2.52. The van der Waals surface area contributed by atoms with Gasteiger partial charge in [-0.1, -0.05) is 11.6 Å². The average molecular weight is 428 g/mol. The van der Waals surface area contributed by atoms with Gasteiger partial charge >= 0.3 is 12.1 Å². The van der Waals surface area contributed by atoms with Crippen LogP contribution >= 0.6 is 11.6 Å². The molecule has 0 radical (unpaired) electrons. The number of alkyl carbamates (subject to hydrolysis) is 1. The summed E-state index contributed by atoms with van der Waals surface area (Å²) in [5.74, 6) is -1.75. The van der Waals surface area contributed by atoms with Crippen molar-refractivity contribution in [2.45, 2.75) is 89.9 Å². The van der Waals surface area contributed by atoms with Gasteiger partial charge in [0.1, 0.15) is 17.8 Å². The summed E-state index contributed by atoms with van der Waals surface area (Å²) in [6, 6.07) is 0.0529. The number of halogens is 1. The number of rotatable bonds is 3. The molecule has 0 aromatic carbocycles. The Bertz CT molecular complexity index is 747. The van der Waals surface area contributed by atoms with Crippen LogP contribution in [0.1, 0.15) is 60.3 Å². The number of aliphatic carboxylic acids is 1. The molecule has 1 aliphatic heterocycles. The summed E-state index contributed by atoms with van der Waals surface area (Å²) in [6.07, 6.45) is 3.28. The number of carboxylic acids is 1. The molecule has 0 bridgehead atoms. The second kappa shape index (κ2) is 7.93. The van der Waals surface area contributed by atoms with Gasteiger partial charge in [0.05, 0.1) is 10.6 Å². The van der Waals surface area contributed by atoms with Crippen LogP contribution in [-0.2, 0) is 19.0 Å². The highest BCUT2D eigenvalue weighted by Crippen LogP contribution is 2.47. The third-order valence-corrected chi connectivity index (χ3v) is 6.15. The number of hydrogen-bond donors (Lipinski definition) is 2. The number of carbonyl (C=O) groups is 2. The van der Waals surface area contributed by atoms with Crippen LogP contribution in [0.2, 0.25) is 0 Å². The molecule has 162 valence electrons. The minimum Gasteiger partial charge on any atom is -0.478 e. The summed E-state index contributed by atoms with van der Waals surface area (Å²) < 4.78 is 17.8. The molecule has 3 rings (SSSR count). The van der Waals surface area contributed by atoms with Crippen LogP contribution in [0, 0.1) is 5.92 Å². The molecule has 7 nitrogen and oxygen atoms in total. The van der Waals surface area contributed by atoms with Crippen molar-refractivity contribution in [2.75, 3.05) is 0 Å². The van der Waals surface area contributed by atoms with Crippen LogP contribution in [0.15, 0.2) is 22.3 Å². The Morgan fingerprint density at radius 1 is 1.21 bits per heavy atom. The first-order valence-corrected chi connectivity index (χ1v) is 10.4. The fraction of sp³-hybridized carbons (Fsp3) is 0.714. The fourth-order valence-electron chi connectivity index (χ4n) is 4.32. The lowest BCUT2D eigenvalue weighted by Gasteiger charge is -2.38. The minimum absolute atomic E-state index is 0.0529. The predicted octanol–water partition coefficient (Wildman–Crippen LogP) is 4.11. The van der Waals surface area contributed by atoms with Crippen molar-refractivity contribution >= 4 is 23.7 Å². The van der Waals surface area contributed by atoms with Crippen molar-refractivity contribution in [3.05, 3.63) is 22.3 Å². The van der Waals surface area contributed by atoms with Gasteiger partial charge in [-0.25, -0.2) is 9.59 Å². The van der Waals surface area contributed by atoms with Crippen LogP contribution < -0.4 is 5.32 Å². The van der Waals surface area contributed by atoms with E-state index in [1.165, 1.54) is 6.08 Å². The molecule has 1 saturated heterocycles. The van der Waals surface area contributed by atoms with E-state index in [4.69, 9.17) is 25.8 Å². The lowest BCUT2D eigenvalue weighted by atomic mass is 9.81. The van der Waals surface area contributed by atoms with E-state index in [2.05, 4.69) is 5.32 Å². The zero-order valence-corrected chi connectivity index (χ0v) is 18.3. The molecule has 1 amide bonds. The lowest BCUT2D eigenvalue weighted by Crippen LogP contribution is -2.45. The van der Waals surface area contributed by atoms with Gasteiger partial charge in [-0.05, 0) is 72.0 Å². The number of hydrogen-bond acceptors (Lipinski definition) is 5. The third-order valence-electron chi connectivity index (χ3n) is 5.82. The highest BCUT2D eigenvalue weighted by molar-refractivity contribution is 6.31. The van der Waals surface area contributed by atoms with Gasteiger partial charge < -0.3 is 24.6 Å². The maximum Gasteiger partial charge on any atom is 0.407 e. The first-order valence-electron chi connectivity index (χ1n) is 10.1. The Morgan fingerprint density at radius 3 is 2.34 bits per heavy atom. The van der Waals surface area contributed by atoms with Crippen LogP contribution in [0.4, 0.5) is 4.79 Å². The molecule has 0 spiro atoms. The van der Waals surface area contributed by atoms with Crippen molar-refractivity contribution in [1.29, 1.82) is 0 Å². The maximum absolute atomic E-state index is 12.0. The molecule has 2 fully saturated rings. The van der Waals surface area contributed by atoms with E-state index in [1.54, 1.807) is 6.92 Å². The van der Waals surface area contributed by atoms with Crippen molar-refractivity contribution < 1.29 is 28.9 Å². The first-order chi connectivity index (χ1) is 13.4. The molecule has 3 aliphatic rings. The van der Waals surface area contributed by atoms with Crippen molar-refractivity contribution in [3.8, 4) is 0 Å². The van der Waals surface area contributed by atoms with Gasteiger partial charge in [-0.3, -0.25) is 0 Å². The van der Waals surface area contributed by atoms with Gasteiger partial charge in [0.15, 0.2) is 5.79 Å². The lowest BCUT2D eigenvalue weighted by molar-refractivity contribution is -0.200. The maximum atomic E-state index is 12.0. The second-order valence-corrected chi connectivity index (χ2v) is 9.66. The van der Waals surface area contributed by atoms with Crippen LogP contribution in [0.25, 0.3) is 0 Å². The summed E-state index contributed by atoms with van der Waals surface area (Å²) in [7, 11) is 0. The highest BCUT2D eigenvalue weighted by atomic mass is 35.5. The van der Waals surface area contributed by atoms with Crippen LogP contribution in [0.3, 0.4) is 0 Å². The van der Waals surface area contributed by atoms with Crippen molar-refractivity contribution in [1.82, 2.24) is 5.32 Å². The molecule has 1 saturated carbocycles. The molecular weight excluding hydrogens is 398 g/mol. The van der Waals surface area contributed by atoms with Gasteiger partial charge in [-0.15, -0.1) is 0 Å². The Kier molecular flexibility index (Phi) is 6.05. The SMILES string of the molecule is CC1=C(C(=O)O)C=C(Cl)C2O[C@](C)([C@H]3CC[C@H](NC(=O)OC(C)(C)C)CC3)OC12. The van der Waals surface area contributed by atoms with E-state index in [-0.39, 0.29) is 17.5 Å². The predicted molar refractivity (Wildman–Crippen MR) is 108 cm³/mol. The Labute approximate surface area is 176 Å². The van der Waals surface area contributed by atoms with Gasteiger partial charge in [0.2, 0.25) is 0 Å². The largest absolute Gasteiger partial charge is 0.478 e. The van der Waals surface area contributed by atoms with Gasteiger partial charge in [0, 0.05) is 12.0 Å². The van der Waals surface area contributed by atoms with E-state index >= 15 is 0 Å². The standard InChI is InChI=1S/C21H30ClNO6/c1-11-14(18(24)25)10-15(22)17-16(11)27-21(5,28-17)12-6-8-13(9-7-12)23-19(26)29-20(2,3)4/h10,12-13,16-17H,6-9H2,1-5H3,(H,23,26)(H,24,25)/t12-,13-,16?,17?,21-/m1/s1. The molecule has 29 heavy (non-hydrogen) atoms. The van der Waals surface area contributed by atoms with E-state index in [1.807, 2.05) is 27.7 Å². The zero-order valence-electron chi connectivity index (χ0n) is 17.6. The molecule has 0 aromatic heterocycles. The van der Waals surface area contributed by atoms with Crippen molar-refractivity contribution in [2.24, 2.45) is 5.92 Å². The second-order valence-electron chi connectivity index (χ2n) is 9.22. The number of carbonyl (C=O) groups excluding carboxylic acids is 1. The van der Waals surface area contributed by atoms with Crippen LogP contribution in [-0.4, -0.2) is 46.8 Å². The molecule has 2 aliphatic carbocycles. The molecular formula is C21H30ClNO6. The first kappa shape index (κ1) is 22.1. The monoisotopic (exact) mass is 427 g/mol. The summed E-state index contributed by atoms with van der Waals surface area (Å²) in [6.45, 7) is 9.16. The van der Waals surface area contributed by atoms with E-state index < -0.39 is 35.7 Å². The number of amides is 1.